The lowest BCUT2D eigenvalue weighted by atomic mass is 10.2. The minimum Gasteiger partial charge on any atom is -0.478 e. The number of hydrogen-bond donors (Lipinski definition) is 2. The van der Waals surface area contributed by atoms with Crippen molar-refractivity contribution >= 4 is 23.5 Å². The highest BCUT2D eigenvalue weighted by atomic mass is 35.5. The zero-order valence-electron chi connectivity index (χ0n) is 10.9. The number of amides is 1. The van der Waals surface area contributed by atoms with Crippen LogP contribution >= 0.6 is 11.6 Å². The molecule has 0 aliphatic heterocycles. The molecule has 110 valence electrons. The van der Waals surface area contributed by atoms with Gasteiger partial charge >= 0.3 is 5.97 Å². The molecule has 0 saturated heterocycles. The highest BCUT2D eigenvalue weighted by molar-refractivity contribution is 6.31. The molecule has 5 nitrogen and oxygen atoms in total. The van der Waals surface area contributed by atoms with E-state index in [0.717, 1.165) is 6.07 Å². The van der Waals surface area contributed by atoms with E-state index >= 15 is 0 Å². The summed E-state index contributed by atoms with van der Waals surface area (Å²) in [5, 5.41) is 11.3. The average Bonchev–Trinajstić information content (AvgIpc) is 2.80. The van der Waals surface area contributed by atoms with Gasteiger partial charge in [0.15, 0.2) is 0 Å². The maximum absolute atomic E-state index is 13.0. The molecular formula is C14H11ClFNO4. The molecule has 2 aromatic rings. The minimum atomic E-state index is -1.10. The maximum Gasteiger partial charge on any atom is 0.339 e. The Hall–Kier alpha value is -2.34. The van der Waals surface area contributed by atoms with Gasteiger partial charge in [0.25, 0.3) is 5.91 Å². The van der Waals surface area contributed by atoms with Crippen LogP contribution in [0.25, 0.3) is 0 Å². The molecule has 21 heavy (non-hydrogen) atoms. The molecule has 7 heteroatoms. The number of aryl methyl sites for hydroxylation is 1. The lowest BCUT2D eigenvalue weighted by Crippen LogP contribution is -2.22. The van der Waals surface area contributed by atoms with E-state index in [1.165, 1.54) is 25.1 Å². The third kappa shape index (κ3) is 3.41. The van der Waals surface area contributed by atoms with Crippen molar-refractivity contribution in [2.45, 2.75) is 13.5 Å². The summed E-state index contributed by atoms with van der Waals surface area (Å²) < 4.78 is 18.2. The smallest absolute Gasteiger partial charge is 0.339 e. The van der Waals surface area contributed by atoms with Crippen LogP contribution in [0.15, 0.2) is 28.7 Å². The first kappa shape index (κ1) is 15.1. The Morgan fingerprint density at radius 3 is 2.67 bits per heavy atom. The quantitative estimate of drug-likeness (QED) is 0.909. The molecule has 0 spiro atoms. The Morgan fingerprint density at radius 2 is 2.10 bits per heavy atom. The van der Waals surface area contributed by atoms with Crippen molar-refractivity contribution in [3.63, 3.8) is 0 Å². The van der Waals surface area contributed by atoms with Crippen molar-refractivity contribution in [3.8, 4) is 0 Å². The summed E-state index contributed by atoms with van der Waals surface area (Å²) in [7, 11) is 0. The summed E-state index contributed by atoms with van der Waals surface area (Å²) in [6.45, 7) is 1.54. The van der Waals surface area contributed by atoms with Gasteiger partial charge < -0.3 is 14.8 Å². The van der Waals surface area contributed by atoms with Crippen LogP contribution in [0, 0.1) is 12.7 Å². The topological polar surface area (TPSA) is 79.5 Å². The van der Waals surface area contributed by atoms with Gasteiger partial charge in [-0.15, -0.1) is 0 Å². The zero-order valence-corrected chi connectivity index (χ0v) is 11.7. The fourth-order valence-electron chi connectivity index (χ4n) is 1.75. The maximum atomic E-state index is 13.0. The molecule has 0 saturated carbocycles. The van der Waals surface area contributed by atoms with Crippen LogP contribution in [0.1, 0.15) is 32.2 Å². The van der Waals surface area contributed by atoms with Crippen LogP contribution in [0.4, 0.5) is 4.39 Å². The molecule has 0 aliphatic rings. The van der Waals surface area contributed by atoms with Gasteiger partial charge in [-0.3, -0.25) is 4.79 Å². The van der Waals surface area contributed by atoms with Gasteiger partial charge in [-0.2, -0.15) is 0 Å². The van der Waals surface area contributed by atoms with Gasteiger partial charge in [0.05, 0.1) is 11.6 Å². The summed E-state index contributed by atoms with van der Waals surface area (Å²) in [6.07, 6.45) is 0. The number of carbonyl (C=O) groups is 2. The first-order valence-electron chi connectivity index (χ1n) is 5.94. The molecule has 2 rings (SSSR count). The second-order valence-electron chi connectivity index (χ2n) is 4.30. The van der Waals surface area contributed by atoms with Gasteiger partial charge in [0.1, 0.15) is 22.9 Å². The second-order valence-corrected chi connectivity index (χ2v) is 4.71. The summed E-state index contributed by atoms with van der Waals surface area (Å²) in [5.41, 5.74) is 0.243. The number of hydrogen-bond acceptors (Lipinski definition) is 3. The van der Waals surface area contributed by atoms with Crippen LogP contribution in [0.5, 0.6) is 0 Å². The fourth-order valence-corrected chi connectivity index (χ4v) is 1.93. The van der Waals surface area contributed by atoms with Crippen LogP contribution in [0.2, 0.25) is 5.02 Å². The van der Waals surface area contributed by atoms with Gasteiger partial charge in [0, 0.05) is 5.56 Å². The predicted octanol–water partition coefficient (Wildman–Crippen LogP) is 3.01. The van der Waals surface area contributed by atoms with E-state index in [0.29, 0.717) is 5.76 Å². The van der Waals surface area contributed by atoms with Crippen LogP contribution < -0.4 is 5.32 Å². The molecule has 1 heterocycles. The Bertz CT molecular complexity index is 711. The fraction of sp³-hybridized carbons (Fsp3) is 0.143. The number of benzene rings is 1. The largest absolute Gasteiger partial charge is 0.478 e. The molecule has 0 aliphatic carbocycles. The van der Waals surface area contributed by atoms with Gasteiger partial charge in [-0.25, -0.2) is 9.18 Å². The molecule has 1 amide bonds. The molecule has 0 unspecified atom stereocenters. The second kappa shape index (κ2) is 5.97. The van der Waals surface area contributed by atoms with Crippen molar-refractivity contribution in [1.82, 2.24) is 5.32 Å². The number of carbonyl (C=O) groups excluding carboxylic acids is 1. The SMILES string of the molecule is Cc1oc(CNC(=O)c2ccc(F)c(Cl)c2)cc1C(=O)O. The van der Waals surface area contributed by atoms with Crippen LogP contribution in [-0.2, 0) is 6.54 Å². The molecule has 0 atom stereocenters. The molecule has 0 bridgehead atoms. The van der Waals surface area contributed by atoms with Crippen molar-refractivity contribution in [2.24, 2.45) is 0 Å². The molecular weight excluding hydrogens is 301 g/mol. The van der Waals surface area contributed by atoms with E-state index in [-0.39, 0.29) is 28.5 Å². The van der Waals surface area contributed by atoms with Gasteiger partial charge in [-0.1, -0.05) is 11.6 Å². The highest BCUT2D eigenvalue weighted by Gasteiger charge is 2.15. The van der Waals surface area contributed by atoms with E-state index in [1.807, 2.05) is 0 Å². The van der Waals surface area contributed by atoms with Crippen LogP contribution in [-0.4, -0.2) is 17.0 Å². The third-order valence-corrected chi connectivity index (χ3v) is 3.09. The van der Waals surface area contributed by atoms with E-state index in [4.69, 9.17) is 21.1 Å². The Morgan fingerprint density at radius 1 is 1.38 bits per heavy atom. The van der Waals surface area contributed by atoms with Crippen LogP contribution in [0.3, 0.4) is 0 Å². The van der Waals surface area contributed by atoms with Crippen molar-refractivity contribution in [3.05, 3.63) is 57.8 Å². The normalized spacial score (nSPS) is 10.4. The average molecular weight is 312 g/mol. The number of furan rings is 1. The molecule has 0 radical (unpaired) electrons. The standard InChI is InChI=1S/C14H11ClFNO4/c1-7-10(14(19)20)5-9(21-7)6-17-13(18)8-2-3-12(16)11(15)4-8/h2-5H,6H2,1H3,(H,17,18)(H,19,20). The number of carboxylic acid groups (broad SMARTS) is 1. The van der Waals surface area contributed by atoms with Crippen molar-refractivity contribution in [2.75, 3.05) is 0 Å². The summed E-state index contributed by atoms with van der Waals surface area (Å²) in [6, 6.07) is 4.95. The molecule has 2 N–H and O–H groups in total. The Balaban J connectivity index is 2.05. The van der Waals surface area contributed by atoms with Gasteiger partial charge in [-0.05, 0) is 31.2 Å². The van der Waals surface area contributed by atoms with E-state index in [2.05, 4.69) is 5.32 Å². The molecule has 1 aromatic carbocycles. The highest BCUT2D eigenvalue weighted by Crippen LogP contribution is 2.17. The third-order valence-electron chi connectivity index (χ3n) is 2.80. The zero-order chi connectivity index (χ0) is 15.6. The number of aromatic carboxylic acids is 1. The minimum absolute atomic E-state index is 0.0158. The lowest BCUT2D eigenvalue weighted by Gasteiger charge is -2.04. The number of halogens is 2. The van der Waals surface area contributed by atoms with Crippen molar-refractivity contribution in [1.29, 1.82) is 0 Å². The summed E-state index contributed by atoms with van der Waals surface area (Å²) in [4.78, 5) is 22.7. The summed E-state index contributed by atoms with van der Waals surface area (Å²) in [5.74, 6) is -1.61. The predicted molar refractivity (Wildman–Crippen MR) is 73.0 cm³/mol. The monoisotopic (exact) mass is 311 g/mol. The Kier molecular flexibility index (Phi) is 4.28. The van der Waals surface area contributed by atoms with E-state index < -0.39 is 17.7 Å². The van der Waals surface area contributed by atoms with E-state index in [1.54, 1.807) is 0 Å². The number of carboxylic acids is 1. The lowest BCUT2D eigenvalue weighted by molar-refractivity contribution is 0.0694. The number of rotatable bonds is 4. The summed E-state index contributed by atoms with van der Waals surface area (Å²) >= 11 is 5.60. The molecule has 0 fully saturated rings. The number of nitrogens with one attached hydrogen (secondary N) is 1. The van der Waals surface area contributed by atoms with E-state index in [9.17, 15) is 14.0 Å². The van der Waals surface area contributed by atoms with Gasteiger partial charge in [0.2, 0.25) is 0 Å². The Labute approximate surface area is 124 Å². The first-order valence-corrected chi connectivity index (χ1v) is 6.32. The first-order chi connectivity index (χ1) is 9.88. The van der Waals surface area contributed by atoms with Crippen molar-refractivity contribution < 1.29 is 23.5 Å². The molecule has 1 aromatic heterocycles.